The van der Waals surface area contributed by atoms with E-state index in [-0.39, 0.29) is 24.5 Å². The van der Waals surface area contributed by atoms with Gasteiger partial charge >= 0.3 is 15.5 Å². The van der Waals surface area contributed by atoms with Gasteiger partial charge in [0.05, 0.1) is 0 Å². The van der Waals surface area contributed by atoms with E-state index in [1.807, 2.05) is 6.07 Å². The maximum atomic E-state index is 13.1. The van der Waals surface area contributed by atoms with Crippen LogP contribution in [0.15, 0.2) is 24.8 Å². The van der Waals surface area contributed by atoms with Crippen LogP contribution in [0, 0.1) is 11.3 Å². The van der Waals surface area contributed by atoms with Crippen molar-refractivity contribution in [1.82, 2.24) is 4.31 Å². The van der Waals surface area contributed by atoms with Gasteiger partial charge in [0, 0.05) is 24.8 Å². The molecule has 0 amide bonds. The van der Waals surface area contributed by atoms with E-state index in [1.54, 1.807) is 18.2 Å². The van der Waals surface area contributed by atoms with Gasteiger partial charge in [-0.1, -0.05) is 18.7 Å². The lowest BCUT2D eigenvalue weighted by Gasteiger charge is -2.65. The van der Waals surface area contributed by atoms with Gasteiger partial charge in [-0.25, -0.2) is 8.42 Å². The minimum absolute atomic E-state index is 0.0667. The molecule has 1 atom stereocenters. The predicted octanol–water partition coefficient (Wildman–Crippen LogP) is 3.58. The molecule has 0 saturated heterocycles. The molecule has 136 valence electrons. The van der Waals surface area contributed by atoms with Gasteiger partial charge in [-0.05, 0) is 53.9 Å². The Morgan fingerprint density at radius 3 is 2.48 bits per heavy atom. The van der Waals surface area contributed by atoms with Crippen LogP contribution in [0.5, 0.6) is 0 Å². The molecule has 8 heteroatoms. The largest absolute Gasteiger partial charge is 0.511 e. The second-order valence-corrected chi connectivity index (χ2v) is 9.33. The number of hydrogen-bond acceptors (Lipinski definition) is 3. The highest BCUT2D eigenvalue weighted by atomic mass is 32.2. The number of alkyl halides is 3. The molecule has 1 N–H and O–H groups in total. The fourth-order valence-electron chi connectivity index (χ4n) is 4.35. The summed E-state index contributed by atoms with van der Waals surface area (Å²) in [5.41, 5.74) is -3.37. The van der Waals surface area contributed by atoms with Crippen LogP contribution in [0.1, 0.15) is 30.4 Å². The van der Waals surface area contributed by atoms with Crippen molar-refractivity contribution in [3.63, 3.8) is 0 Å². The zero-order valence-electron chi connectivity index (χ0n) is 13.5. The average molecular weight is 372 g/mol. The van der Waals surface area contributed by atoms with E-state index in [0.29, 0.717) is 21.5 Å². The molecule has 0 spiro atoms. The van der Waals surface area contributed by atoms with Crippen molar-refractivity contribution in [3.05, 3.63) is 35.9 Å². The Morgan fingerprint density at radius 1 is 1.28 bits per heavy atom. The first-order chi connectivity index (χ1) is 11.6. The molecule has 1 heterocycles. The Labute approximate surface area is 144 Å². The Hall–Kier alpha value is -1.54. The van der Waals surface area contributed by atoms with Gasteiger partial charge in [0.25, 0.3) is 0 Å². The Kier molecular flexibility index (Phi) is 3.54. The molecular formula is C17H19F3N2O2S. The van der Waals surface area contributed by atoms with Gasteiger partial charge in [-0.2, -0.15) is 17.5 Å². The minimum atomic E-state index is -5.38. The number of nitrogens with zero attached hydrogens (tertiary/aromatic N) is 1. The second kappa shape index (κ2) is 5.23. The standard InChI is InChI=1S/C17H19F3N2O2S/c1-2-11-3-4-14-13(5-11)9-22(25(23,24)17(18,19)20)10-15(21-14)16-6-12(7-16)8-16/h2-5,12,15,21H,1,6-10H2. The normalized spacial score (nSPS) is 31.8. The molecule has 4 aliphatic rings. The summed E-state index contributed by atoms with van der Waals surface area (Å²) in [7, 11) is -5.38. The number of hydrogen-bond donors (Lipinski definition) is 1. The van der Waals surface area contributed by atoms with Gasteiger partial charge in [0.15, 0.2) is 0 Å². The van der Waals surface area contributed by atoms with Gasteiger partial charge in [-0.3, -0.25) is 0 Å². The molecule has 3 saturated carbocycles. The summed E-state index contributed by atoms with van der Waals surface area (Å²) in [5, 5.41) is 3.34. The summed E-state index contributed by atoms with van der Waals surface area (Å²) in [4.78, 5) is 0. The van der Waals surface area contributed by atoms with E-state index in [2.05, 4.69) is 11.9 Å². The Morgan fingerprint density at radius 2 is 1.96 bits per heavy atom. The van der Waals surface area contributed by atoms with Crippen LogP contribution in [0.4, 0.5) is 18.9 Å². The zero-order chi connectivity index (χ0) is 18.0. The summed E-state index contributed by atoms with van der Waals surface area (Å²) in [6.45, 7) is 3.21. The number of fused-ring (bicyclic) bond motifs is 1. The lowest BCUT2D eigenvalue weighted by atomic mass is 9.42. The molecule has 3 fully saturated rings. The topological polar surface area (TPSA) is 49.4 Å². The molecule has 1 aromatic rings. The van der Waals surface area contributed by atoms with Crippen LogP contribution < -0.4 is 5.32 Å². The third-order valence-corrected chi connectivity index (χ3v) is 7.43. The Balaban J connectivity index is 1.75. The summed E-state index contributed by atoms with van der Waals surface area (Å²) in [6, 6.07) is 5.02. The first-order valence-corrected chi connectivity index (χ1v) is 9.67. The zero-order valence-corrected chi connectivity index (χ0v) is 14.3. The smallest absolute Gasteiger partial charge is 0.380 e. The molecule has 4 nitrogen and oxygen atoms in total. The first-order valence-electron chi connectivity index (χ1n) is 8.23. The van der Waals surface area contributed by atoms with Gasteiger partial charge in [-0.15, -0.1) is 0 Å². The Bertz CT molecular complexity index is 818. The molecule has 3 aliphatic carbocycles. The van der Waals surface area contributed by atoms with Crippen molar-refractivity contribution in [2.75, 3.05) is 11.9 Å². The first kappa shape index (κ1) is 16.9. The molecule has 0 aromatic heterocycles. The summed E-state index contributed by atoms with van der Waals surface area (Å²) in [6.07, 6.45) is 4.48. The quantitative estimate of drug-likeness (QED) is 0.882. The van der Waals surface area contributed by atoms with Crippen LogP contribution in [-0.4, -0.2) is 30.8 Å². The van der Waals surface area contributed by atoms with Gasteiger partial charge < -0.3 is 5.32 Å². The number of rotatable bonds is 3. The number of halogens is 3. The second-order valence-electron chi connectivity index (χ2n) is 7.40. The number of benzene rings is 1. The van der Waals surface area contributed by atoms with Crippen LogP contribution in [0.3, 0.4) is 0 Å². The van der Waals surface area contributed by atoms with Crippen LogP contribution >= 0.6 is 0 Å². The molecule has 5 rings (SSSR count). The predicted molar refractivity (Wildman–Crippen MR) is 89.1 cm³/mol. The van der Waals surface area contributed by atoms with Crippen molar-refractivity contribution < 1.29 is 21.6 Å². The summed E-state index contributed by atoms with van der Waals surface area (Å²) in [5.74, 6) is 0.653. The maximum absolute atomic E-state index is 13.1. The summed E-state index contributed by atoms with van der Waals surface area (Å²) >= 11 is 0. The molecule has 1 aliphatic heterocycles. The highest BCUT2D eigenvalue weighted by Crippen LogP contribution is 2.66. The molecule has 0 radical (unpaired) electrons. The van der Waals surface area contributed by atoms with Crippen LogP contribution in [0.25, 0.3) is 6.08 Å². The van der Waals surface area contributed by atoms with Crippen molar-refractivity contribution in [3.8, 4) is 0 Å². The van der Waals surface area contributed by atoms with Gasteiger partial charge in [0.1, 0.15) is 0 Å². The highest BCUT2D eigenvalue weighted by Gasteiger charge is 2.62. The monoisotopic (exact) mass is 372 g/mol. The lowest BCUT2D eigenvalue weighted by Crippen LogP contribution is -2.63. The SMILES string of the molecule is C=Cc1ccc2c(c1)CN(S(=O)(=O)C(F)(F)F)CC(C13CC(C1)C3)N2. The van der Waals surface area contributed by atoms with E-state index >= 15 is 0 Å². The maximum Gasteiger partial charge on any atom is 0.511 e. The molecular weight excluding hydrogens is 353 g/mol. The lowest BCUT2D eigenvalue weighted by molar-refractivity contribution is -0.122. The average Bonchev–Trinajstić information content (AvgIpc) is 2.61. The van der Waals surface area contributed by atoms with E-state index in [1.165, 1.54) is 0 Å². The molecule has 2 bridgehead atoms. The fourth-order valence-corrected chi connectivity index (χ4v) is 5.30. The number of anilines is 1. The van der Waals surface area contributed by atoms with Crippen molar-refractivity contribution in [2.45, 2.75) is 37.4 Å². The van der Waals surface area contributed by atoms with E-state index in [0.717, 1.165) is 24.8 Å². The van der Waals surface area contributed by atoms with E-state index in [4.69, 9.17) is 0 Å². The van der Waals surface area contributed by atoms with Crippen molar-refractivity contribution in [2.24, 2.45) is 11.3 Å². The number of nitrogens with one attached hydrogen (secondary N) is 1. The number of sulfonamides is 1. The summed E-state index contributed by atoms with van der Waals surface area (Å²) < 4.78 is 64.1. The molecule has 1 unspecified atom stereocenters. The van der Waals surface area contributed by atoms with Crippen molar-refractivity contribution in [1.29, 1.82) is 0 Å². The fraction of sp³-hybridized carbons (Fsp3) is 0.529. The molecule has 1 aromatic carbocycles. The van der Waals surface area contributed by atoms with E-state index in [9.17, 15) is 21.6 Å². The van der Waals surface area contributed by atoms with E-state index < -0.39 is 15.5 Å². The molecule has 25 heavy (non-hydrogen) atoms. The van der Waals surface area contributed by atoms with Crippen molar-refractivity contribution >= 4 is 21.8 Å². The highest BCUT2D eigenvalue weighted by molar-refractivity contribution is 7.89. The van der Waals surface area contributed by atoms with Crippen LogP contribution in [-0.2, 0) is 16.6 Å². The third-order valence-electron chi connectivity index (χ3n) is 5.88. The minimum Gasteiger partial charge on any atom is -0.380 e. The van der Waals surface area contributed by atoms with Gasteiger partial charge in [0.2, 0.25) is 0 Å². The third kappa shape index (κ3) is 2.49. The van der Waals surface area contributed by atoms with Crippen LogP contribution in [0.2, 0.25) is 0 Å².